The van der Waals surface area contributed by atoms with Crippen LogP contribution in [0.1, 0.15) is 43.2 Å². The first-order chi connectivity index (χ1) is 9.96. The Morgan fingerprint density at radius 2 is 1.86 bits per heavy atom. The Hall–Kier alpha value is -0.980. The van der Waals surface area contributed by atoms with E-state index in [4.69, 9.17) is 18.0 Å². The van der Waals surface area contributed by atoms with Crippen LogP contribution in [-0.4, -0.2) is 20.0 Å². The zero-order chi connectivity index (χ0) is 15.3. The van der Waals surface area contributed by atoms with Gasteiger partial charge in [0.05, 0.1) is 5.75 Å². The highest BCUT2D eigenvalue weighted by Crippen LogP contribution is 2.26. The van der Waals surface area contributed by atoms with Gasteiger partial charge in [-0.15, -0.1) is 0 Å². The second kappa shape index (κ2) is 7.33. The van der Waals surface area contributed by atoms with Gasteiger partial charge in [-0.1, -0.05) is 62.2 Å². The molecule has 4 nitrogen and oxygen atoms in total. The molecule has 0 bridgehead atoms. The van der Waals surface area contributed by atoms with Crippen molar-refractivity contribution >= 4 is 27.2 Å². The van der Waals surface area contributed by atoms with Gasteiger partial charge in [0.2, 0.25) is 10.0 Å². The predicted molar refractivity (Wildman–Crippen MR) is 89.5 cm³/mol. The minimum Gasteiger partial charge on any atom is -0.389 e. The molecule has 0 aliphatic heterocycles. The quantitative estimate of drug-likeness (QED) is 0.754. The van der Waals surface area contributed by atoms with Gasteiger partial charge in [-0.2, -0.15) is 0 Å². The molecule has 1 aliphatic carbocycles. The standard InChI is InChI=1S/C15H22N2O2S2/c16-15(20)14-7-5-13(6-8-14)11-21(18,19)17-10-9-12-3-1-2-4-12/h5-8,12,17H,1-4,9-11H2,(H2,16,20). The summed E-state index contributed by atoms with van der Waals surface area (Å²) in [5.41, 5.74) is 7.01. The van der Waals surface area contributed by atoms with Crippen molar-refractivity contribution in [2.75, 3.05) is 6.54 Å². The molecule has 1 aliphatic rings. The van der Waals surface area contributed by atoms with Crippen LogP contribution in [0.4, 0.5) is 0 Å². The van der Waals surface area contributed by atoms with Gasteiger partial charge in [-0.25, -0.2) is 13.1 Å². The summed E-state index contributed by atoms with van der Waals surface area (Å²) in [6, 6.07) is 7.02. The first-order valence-electron chi connectivity index (χ1n) is 7.32. The molecule has 0 aromatic heterocycles. The molecular formula is C15H22N2O2S2. The topological polar surface area (TPSA) is 72.2 Å². The van der Waals surface area contributed by atoms with Gasteiger partial charge in [-0.05, 0) is 17.9 Å². The third-order valence-electron chi connectivity index (χ3n) is 3.94. The number of sulfonamides is 1. The number of hydrogen-bond acceptors (Lipinski definition) is 3. The van der Waals surface area contributed by atoms with E-state index in [1.54, 1.807) is 24.3 Å². The van der Waals surface area contributed by atoms with Crippen molar-refractivity contribution in [3.63, 3.8) is 0 Å². The van der Waals surface area contributed by atoms with Crippen molar-refractivity contribution in [1.82, 2.24) is 4.72 Å². The third-order valence-corrected chi connectivity index (χ3v) is 5.54. The SMILES string of the molecule is NC(=S)c1ccc(CS(=O)(=O)NCCC2CCCC2)cc1. The van der Waals surface area contributed by atoms with Gasteiger partial charge in [-0.3, -0.25) is 0 Å². The highest BCUT2D eigenvalue weighted by atomic mass is 32.2. The van der Waals surface area contributed by atoms with Crippen molar-refractivity contribution < 1.29 is 8.42 Å². The molecule has 0 amide bonds. The molecule has 21 heavy (non-hydrogen) atoms. The van der Waals surface area contributed by atoms with E-state index in [1.165, 1.54) is 25.7 Å². The van der Waals surface area contributed by atoms with Crippen LogP contribution >= 0.6 is 12.2 Å². The lowest BCUT2D eigenvalue weighted by molar-refractivity contribution is 0.495. The molecule has 0 spiro atoms. The maximum Gasteiger partial charge on any atom is 0.215 e. The molecule has 1 aromatic rings. The van der Waals surface area contributed by atoms with Crippen molar-refractivity contribution in [3.05, 3.63) is 35.4 Å². The number of nitrogens with two attached hydrogens (primary N) is 1. The molecule has 3 N–H and O–H groups in total. The van der Waals surface area contributed by atoms with Crippen molar-refractivity contribution in [2.24, 2.45) is 11.7 Å². The van der Waals surface area contributed by atoms with Crippen LogP contribution in [0.5, 0.6) is 0 Å². The Bertz CT molecular complexity index is 576. The van der Waals surface area contributed by atoms with E-state index in [0.29, 0.717) is 17.5 Å². The summed E-state index contributed by atoms with van der Waals surface area (Å²) in [6.45, 7) is 0.540. The fourth-order valence-corrected chi connectivity index (χ4v) is 4.05. The van der Waals surface area contributed by atoms with Crippen molar-refractivity contribution in [1.29, 1.82) is 0 Å². The third kappa shape index (κ3) is 5.37. The van der Waals surface area contributed by atoms with E-state index >= 15 is 0 Å². The van der Waals surface area contributed by atoms with Crippen molar-refractivity contribution in [2.45, 2.75) is 37.9 Å². The molecule has 0 heterocycles. The second-order valence-corrected chi connectivity index (χ2v) is 7.90. The van der Waals surface area contributed by atoms with Gasteiger partial charge < -0.3 is 5.73 Å². The number of benzene rings is 1. The first kappa shape index (κ1) is 16.4. The Morgan fingerprint density at radius 1 is 1.24 bits per heavy atom. The molecule has 6 heteroatoms. The predicted octanol–water partition coefficient (Wildman–Crippen LogP) is 2.32. The maximum absolute atomic E-state index is 12.0. The van der Waals surface area contributed by atoms with Crippen LogP contribution in [-0.2, 0) is 15.8 Å². The molecule has 1 saturated carbocycles. The molecule has 1 fully saturated rings. The minimum absolute atomic E-state index is 0.00468. The zero-order valence-corrected chi connectivity index (χ0v) is 13.7. The normalized spacial score (nSPS) is 16.2. The van der Waals surface area contributed by atoms with Crippen LogP contribution in [0.25, 0.3) is 0 Å². The Kier molecular flexibility index (Phi) is 5.72. The van der Waals surface area contributed by atoms with Gasteiger partial charge in [0.15, 0.2) is 0 Å². The average molecular weight is 326 g/mol. The molecule has 0 radical (unpaired) electrons. The average Bonchev–Trinajstić information content (AvgIpc) is 2.91. The first-order valence-corrected chi connectivity index (χ1v) is 9.38. The van der Waals surface area contributed by atoms with Gasteiger partial charge in [0.1, 0.15) is 4.99 Å². The fourth-order valence-electron chi connectivity index (χ4n) is 2.75. The summed E-state index contributed by atoms with van der Waals surface area (Å²) in [6.07, 6.45) is 5.99. The maximum atomic E-state index is 12.0. The van der Waals surface area contributed by atoms with E-state index in [2.05, 4.69) is 4.72 Å². The van der Waals surface area contributed by atoms with E-state index in [-0.39, 0.29) is 5.75 Å². The molecule has 116 valence electrons. The number of thiocarbonyl (C=S) groups is 1. The fraction of sp³-hybridized carbons (Fsp3) is 0.533. The smallest absolute Gasteiger partial charge is 0.215 e. The molecule has 0 saturated heterocycles. The summed E-state index contributed by atoms with van der Waals surface area (Å²) >= 11 is 4.87. The summed E-state index contributed by atoms with van der Waals surface area (Å²) in [7, 11) is -3.27. The lowest BCUT2D eigenvalue weighted by Crippen LogP contribution is -2.27. The van der Waals surface area contributed by atoms with Gasteiger partial charge in [0, 0.05) is 12.1 Å². The van der Waals surface area contributed by atoms with Crippen molar-refractivity contribution in [3.8, 4) is 0 Å². The summed E-state index contributed by atoms with van der Waals surface area (Å²) in [5.74, 6) is 0.687. The monoisotopic (exact) mass is 326 g/mol. The minimum atomic E-state index is -3.27. The highest BCUT2D eigenvalue weighted by Gasteiger charge is 2.16. The van der Waals surface area contributed by atoms with Gasteiger partial charge in [0.25, 0.3) is 0 Å². The van der Waals surface area contributed by atoms with Crippen LogP contribution in [0.2, 0.25) is 0 Å². The zero-order valence-electron chi connectivity index (χ0n) is 12.0. The van der Waals surface area contributed by atoms with Gasteiger partial charge >= 0.3 is 0 Å². The second-order valence-electron chi connectivity index (χ2n) is 5.65. The Labute approximate surface area is 132 Å². The van der Waals surface area contributed by atoms with E-state index in [1.807, 2.05) is 0 Å². The molecule has 0 unspecified atom stereocenters. The largest absolute Gasteiger partial charge is 0.389 e. The number of rotatable bonds is 7. The Morgan fingerprint density at radius 3 is 2.43 bits per heavy atom. The van der Waals surface area contributed by atoms with E-state index in [9.17, 15) is 8.42 Å². The summed E-state index contributed by atoms with van der Waals surface area (Å²) in [5, 5.41) is 0. The van der Waals surface area contributed by atoms with E-state index in [0.717, 1.165) is 17.5 Å². The molecule has 1 aromatic carbocycles. The van der Waals surface area contributed by atoms with E-state index < -0.39 is 10.0 Å². The Balaban J connectivity index is 1.83. The highest BCUT2D eigenvalue weighted by molar-refractivity contribution is 7.88. The van der Waals surface area contributed by atoms with Crippen LogP contribution < -0.4 is 10.5 Å². The summed E-state index contributed by atoms with van der Waals surface area (Å²) < 4.78 is 26.8. The lowest BCUT2D eigenvalue weighted by Gasteiger charge is -2.10. The number of nitrogens with one attached hydrogen (secondary N) is 1. The van der Waals surface area contributed by atoms with Crippen LogP contribution in [0, 0.1) is 5.92 Å². The molecule has 0 atom stereocenters. The molecular weight excluding hydrogens is 304 g/mol. The number of hydrogen-bond donors (Lipinski definition) is 2. The van der Waals surface area contributed by atoms with Crippen LogP contribution in [0.15, 0.2) is 24.3 Å². The summed E-state index contributed by atoms with van der Waals surface area (Å²) in [4.78, 5) is 0.319. The van der Waals surface area contributed by atoms with Crippen LogP contribution in [0.3, 0.4) is 0 Å². The lowest BCUT2D eigenvalue weighted by atomic mass is 10.1. The molecule has 2 rings (SSSR count).